The quantitative estimate of drug-likeness (QED) is 0.741. The Bertz CT molecular complexity index is 986. The maximum Gasteiger partial charge on any atom is 0.433 e. The Morgan fingerprint density at radius 3 is 2.03 bits per heavy atom. The molecule has 2 aromatic rings. The molecule has 2 amide bonds. The Morgan fingerprint density at radius 1 is 1.10 bits per heavy atom. The minimum Gasteiger partial charge on any atom is -0.307 e. The SMILES string of the molecule is CC(C)c1cccc(C(C)C)c1NC(=O)NS(=O)(=O)c1cc(C(F)(F)F)n(C)n1. The predicted molar refractivity (Wildman–Crippen MR) is 102 cm³/mol. The number of carbonyl (C=O) groups excluding carboxylic acids is 1. The smallest absolute Gasteiger partial charge is 0.307 e. The van der Waals surface area contributed by atoms with Gasteiger partial charge in [-0.2, -0.15) is 26.7 Å². The van der Waals surface area contributed by atoms with Gasteiger partial charge >= 0.3 is 12.2 Å². The van der Waals surface area contributed by atoms with Crippen molar-refractivity contribution in [3.8, 4) is 0 Å². The van der Waals surface area contributed by atoms with E-state index in [1.165, 1.54) is 0 Å². The number of sulfonamides is 1. The molecule has 0 fully saturated rings. The zero-order valence-corrected chi connectivity index (χ0v) is 17.4. The van der Waals surface area contributed by atoms with Crippen molar-refractivity contribution in [1.29, 1.82) is 0 Å². The van der Waals surface area contributed by atoms with Crippen LogP contribution in [0, 0.1) is 0 Å². The minimum atomic E-state index is -4.78. The lowest BCUT2D eigenvalue weighted by atomic mass is 9.93. The van der Waals surface area contributed by atoms with Crippen molar-refractivity contribution in [2.75, 3.05) is 5.32 Å². The van der Waals surface area contributed by atoms with Gasteiger partial charge in [0, 0.05) is 18.8 Å². The molecule has 2 N–H and O–H groups in total. The van der Waals surface area contributed by atoms with E-state index in [0.29, 0.717) is 16.4 Å². The lowest BCUT2D eigenvalue weighted by Crippen LogP contribution is -2.35. The van der Waals surface area contributed by atoms with Crippen molar-refractivity contribution in [2.24, 2.45) is 7.05 Å². The number of rotatable bonds is 5. The van der Waals surface area contributed by atoms with E-state index < -0.39 is 33.0 Å². The monoisotopic (exact) mass is 432 g/mol. The van der Waals surface area contributed by atoms with Crippen molar-refractivity contribution in [2.45, 2.75) is 50.7 Å². The average Bonchev–Trinajstić information content (AvgIpc) is 2.97. The maximum atomic E-state index is 12.9. The van der Waals surface area contributed by atoms with E-state index in [1.54, 1.807) is 4.72 Å². The number of amides is 2. The number of hydrogen-bond acceptors (Lipinski definition) is 4. The molecule has 0 unspecified atom stereocenters. The largest absolute Gasteiger partial charge is 0.433 e. The number of alkyl halides is 3. The van der Waals surface area contributed by atoms with Crippen LogP contribution in [0.3, 0.4) is 0 Å². The van der Waals surface area contributed by atoms with E-state index in [9.17, 15) is 26.4 Å². The van der Waals surface area contributed by atoms with Crippen LogP contribution in [0.5, 0.6) is 0 Å². The van der Waals surface area contributed by atoms with Gasteiger partial charge in [0.05, 0.1) is 0 Å². The van der Waals surface area contributed by atoms with Gasteiger partial charge in [0.25, 0.3) is 10.0 Å². The summed E-state index contributed by atoms with van der Waals surface area (Å²) >= 11 is 0. The van der Waals surface area contributed by atoms with Gasteiger partial charge in [-0.3, -0.25) is 4.68 Å². The Kier molecular flexibility index (Phi) is 6.31. The predicted octanol–water partition coefficient (Wildman–Crippen LogP) is 4.20. The fraction of sp³-hybridized carbons (Fsp3) is 0.444. The van der Waals surface area contributed by atoms with Gasteiger partial charge in [0.1, 0.15) is 5.69 Å². The number of aryl methyl sites for hydroxylation is 1. The second-order valence-electron chi connectivity index (χ2n) is 7.17. The summed E-state index contributed by atoms with van der Waals surface area (Å²) < 4.78 is 65.5. The highest BCUT2D eigenvalue weighted by molar-refractivity contribution is 7.90. The van der Waals surface area contributed by atoms with Crippen molar-refractivity contribution < 1.29 is 26.4 Å². The van der Waals surface area contributed by atoms with Crippen LogP contribution in [0.1, 0.15) is 56.4 Å². The number of hydrogen-bond donors (Lipinski definition) is 2. The van der Waals surface area contributed by atoms with Crippen molar-refractivity contribution in [3.63, 3.8) is 0 Å². The molecule has 0 saturated heterocycles. The summed E-state index contributed by atoms with van der Waals surface area (Å²) in [5.74, 6) is 0.0940. The lowest BCUT2D eigenvalue weighted by molar-refractivity contribution is -0.143. The highest BCUT2D eigenvalue weighted by atomic mass is 32.2. The van der Waals surface area contributed by atoms with Crippen LogP contribution in [0.25, 0.3) is 0 Å². The summed E-state index contributed by atoms with van der Waals surface area (Å²) in [6.45, 7) is 7.69. The van der Waals surface area contributed by atoms with Crippen LogP contribution in [0.2, 0.25) is 0 Å². The number of aromatic nitrogens is 2. The van der Waals surface area contributed by atoms with Crippen LogP contribution in [0.15, 0.2) is 29.3 Å². The van der Waals surface area contributed by atoms with Crippen molar-refractivity contribution in [3.05, 3.63) is 41.1 Å². The summed E-state index contributed by atoms with van der Waals surface area (Å²) in [4.78, 5) is 12.4. The fourth-order valence-corrected chi connectivity index (χ4v) is 3.74. The zero-order chi connectivity index (χ0) is 22.1. The highest BCUT2D eigenvalue weighted by Gasteiger charge is 2.37. The molecule has 0 atom stereocenters. The molecule has 0 aliphatic heterocycles. The molecular formula is C18H23F3N4O3S. The van der Waals surface area contributed by atoms with E-state index in [-0.39, 0.29) is 11.8 Å². The molecule has 0 spiro atoms. The molecule has 160 valence electrons. The van der Waals surface area contributed by atoms with Gasteiger partial charge in [-0.25, -0.2) is 9.52 Å². The Labute approximate surface area is 167 Å². The number of anilines is 1. The second-order valence-corrected chi connectivity index (χ2v) is 8.80. The molecule has 1 aromatic carbocycles. The number of urea groups is 1. The third kappa shape index (κ3) is 5.08. The molecule has 0 aliphatic carbocycles. The van der Waals surface area contributed by atoms with Crippen LogP contribution in [-0.2, 0) is 23.2 Å². The number of para-hydroxylation sites is 1. The molecule has 7 nitrogen and oxygen atoms in total. The topological polar surface area (TPSA) is 93.1 Å². The summed E-state index contributed by atoms with van der Waals surface area (Å²) in [7, 11) is -3.63. The standard InChI is InChI=1S/C18H23F3N4O3S/c1-10(2)12-7-6-8-13(11(3)4)16(12)22-17(26)24-29(27,28)15-9-14(18(19,20)21)25(5)23-15/h6-11H,1-5H3,(H2,22,24,26). The third-order valence-electron chi connectivity index (χ3n) is 4.26. The Hall–Kier alpha value is -2.56. The minimum absolute atomic E-state index is 0.0470. The first-order chi connectivity index (χ1) is 13.2. The molecule has 2 rings (SSSR count). The summed E-state index contributed by atoms with van der Waals surface area (Å²) in [5.41, 5.74) is 0.842. The zero-order valence-electron chi connectivity index (χ0n) is 16.6. The van der Waals surface area contributed by atoms with Gasteiger partial charge in [-0.15, -0.1) is 0 Å². The van der Waals surface area contributed by atoms with Gasteiger partial charge in [0.2, 0.25) is 0 Å². The lowest BCUT2D eigenvalue weighted by Gasteiger charge is -2.20. The first kappa shape index (κ1) is 22.7. The fourth-order valence-electron chi connectivity index (χ4n) is 2.85. The molecule has 1 heterocycles. The molecular weight excluding hydrogens is 409 g/mol. The van der Waals surface area contributed by atoms with Crippen molar-refractivity contribution in [1.82, 2.24) is 14.5 Å². The first-order valence-electron chi connectivity index (χ1n) is 8.82. The summed E-state index contributed by atoms with van der Waals surface area (Å²) in [6.07, 6.45) is -4.78. The van der Waals surface area contributed by atoms with Crippen molar-refractivity contribution >= 4 is 21.7 Å². The first-order valence-corrected chi connectivity index (χ1v) is 10.3. The molecule has 1 aromatic heterocycles. The maximum absolute atomic E-state index is 12.9. The number of halogens is 3. The van der Waals surface area contributed by atoms with E-state index in [4.69, 9.17) is 0 Å². The van der Waals surface area contributed by atoms with E-state index in [1.807, 2.05) is 45.9 Å². The van der Waals surface area contributed by atoms with Gasteiger partial charge in [-0.05, 0) is 23.0 Å². The summed E-state index contributed by atoms with van der Waals surface area (Å²) in [6, 6.07) is 4.76. The van der Waals surface area contributed by atoms with Gasteiger partial charge < -0.3 is 5.32 Å². The van der Waals surface area contributed by atoms with Crippen LogP contribution >= 0.6 is 0 Å². The van der Waals surface area contributed by atoms with Crippen LogP contribution in [0.4, 0.5) is 23.7 Å². The highest BCUT2D eigenvalue weighted by Crippen LogP contribution is 2.33. The Morgan fingerprint density at radius 2 is 1.62 bits per heavy atom. The third-order valence-corrected chi connectivity index (χ3v) is 5.47. The number of nitrogens with one attached hydrogen (secondary N) is 2. The number of carbonyl (C=O) groups is 1. The van der Waals surface area contributed by atoms with E-state index in [0.717, 1.165) is 18.2 Å². The molecule has 0 aliphatic rings. The van der Waals surface area contributed by atoms with E-state index >= 15 is 0 Å². The molecule has 0 saturated carbocycles. The second kappa shape index (κ2) is 8.05. The van der Waals surface area contributed by atoms with Crippen LogP contribution < -0.4 is 10.0 Å². The van der Waals surface area contributed by atoms with Crippen LogP contribution in [-0.4, -0.2) is 24.2 Å². The molecule has 11 heteroatoms. The van der Waals surface area contributed by atoms with E-state index in [2.05, 4.69) is 10.4 Å². The normalized spacial score (nSPS) is 12.5. The van der Waals surface area contributed by atoms with Gasteiger partial charge in [0.15, 0.2) is 5.03 Å². The molecule has 29 heavy (non-hydrogen) atoms. The Balaban J connectivity index is 2.32. The molecule has 0 radical (unpaired) electrons. The number of benzene rings is 1. The van der Waals surface area contributed by atoms with Gasteiger partial charge in [-0.1, -0.05) is 45.9 Å². The number of nitrogens with zero attached hydrogens (tertiary/aromatic N) is 2. The summed E-state index contributed by atoms with van der Waals surface area (Å²) in [5, 5.41) is 5.00. The molecule has 0 bridgehead atoms. The average molecular weight is 432 g/mol.